The van der Waals surface area contributed by atoms with Crippen LogP contribution in [-0.4, -0.2) is 43.0 Å². The highest BCUT2D eigenvalue weighted by Crippen LogP contribution is 2.29. The number of ether oxygens (including phenoxy) is 3. The number of carboxylic acids is 1. The van der Waals surface area contributed by atoms with Gasteiger partial charge in [-0.05, 0) is 32.9 Å². The monoisotopic (exact) mass is 325 g/mol. The van der Waals surface area contributed by atoms with E-state index >= 15 is 0 Å². The summed E-state index contributed by atoms with van der Waals surface area (Å²) in [4.78, 5) is 23.3. The summed E-state index contributed by atoms with van der Waals surface area (Å²) >= 11 is 0. The third-order valence-electron chi connectivity index (χ3n) is 2.93. The molecule has 1 aromatic rings. The van der Waals surface area contributed by atoms with Gasteiger partial charge in [-0.3, -0.25) is 0 Å². The number of hydrogen-bond donors (Lipinski definition) is 2. The van der Waals surface area contributed by atoms with E-state index in [-0.39, 0.29) is 6.42 Å². The quantitative estimate of drug-likeness (QED) is 0.833. The molecule has 7 heteroatoms. The van der Waals surface area contributed by atoms with Crippen LogP contribution < -0.4 is 14.8 Å². The molecule has 7 nitrogen and oxygen atoms in total. The Balaban J connectivity index is 2.97. The average Bonchev–Trinajstić information content (AvgIpc) is 2.44. The number of benzene rings is 1. The molecule has 1 aromatic carbocycles. The number of rotatable bonds is 6. The van der Waals surface area contributed by atoms with Crippen LogP contribution in [0, 0.1) is 0 Å². The van der Waals surface area contributed by atoms with Crippen molar-refractivity contribution in [2.45, 2.75) is 38.8 Å². The maximum absolute atomic E-state index is 11.8. The predicted octanol–water partition coefficient (Wildman–Crippen LogP) is 2.22. The van der Waals surface area contributed by atoms with Gasteiger partial charge in [-0.2, -0.15) is 0 Å². The highest BCUT2D eigenvalue weighted by atomic mass is 16.6. The molecule has 0 bridgehead atoms. The minimum atomic E-state index is -1.18. The first-order valence-corrected chi connectivity index (χ1v) is 7.10. The zero-order valence-corrected chi connectivity index (χ0v) is 14.0. The molecule has 0 saturated heterocycles. The number of methoxy groups -OCH3 is 2. The van der Waals surface area contributed by atoms with Gasteiger partial charge in [0, 0.05) is 12.0 Å². The first-order chi connectivity index (χ1) is 10.7. The number of carbonyl (C=O) groups excluding carboxylic acids is 1. The maximum Gasteiger partial charge on any atom is 0.408 e. The molecule has 0 aliphatic carbocycles. The molecule has 0 unspecified atom stereocenters. The van der Waals surface area contributed by atoms with E-state index < -0.39 is 23.7 Å². The van der Waals surface area contributed by atoms with Gasteiger partial charge < -0.3 is 24.6 Å². The van der Waals surface area contributed by atoms with E-state index in [0.717, 1.165) is 0 Å². The molecular formula is C16H23NO6. The summed E-state index contributed by atoms with van der Waals surface area (Å²) in [6, 6.07) is 3.96. The maximum atomic E-state index is 11.8. The Morgan fingerprint density at radius 3 is 2.09 bits per heavy atom. The van der Waals surface area contributed by atoms with Crippen LogP contribution in [-0.2, 0) is 16.0 Å². The Morgan fingerprint density at radius 1 is 1.17 bits per heavy atom. The summed E-state index contributed by atoms with van der Waals surface area (Å²) in [5, 5.41) is 11.7. The van der Waals surface area contributed by atoms with Gasteiger partial charge in [-0.1, -0.05) is 6.07 Å². The average molecular weight is 325 g/mol. The lowest BCUT2D eigenvalue weighted by Gasteiger charge is -2.22. The van der Waals surface area contributed by atoms with Gasteiger partial charge in [0.05, 0.1) is 14.2 Å². The molecular weight excluding hydrogens is 302 g/mol. The molecule has 0 spiro atoms. The van der Waals surface area contributed by atoms with E-state index in [1.165, 1.54) is 14.2 Å². The molecule has 0 aromatic heterocycles. The Bertz CT molecular complexity index is 542. The Labute approximate surface area is 135 Å². The number of amides is 1. The number of nitrogens with one attached hydrogen (secondary N) is 1. The molecule has 0 fully saturated rings. The Kier molecular flexibility index (Phi) is 6.24. The molecule has 128 valence electrons. The van der Waals surface area contributed by atoms with Gasteiger partial charge in [0.1, 0.15) is 23.1 Å². The molecule has 1 rings (SSSR count). The van der Waals surface area contributed by atoms with Crippen molar-refractivity contribution in [3.8, 4) is 11.5 Å². The normalized spacial score (nSPS) is 12.2. The summed E-state index contributed by atoms with van der Waals surface area (Å²) in [5.74, 6) is -0.202. The fraction of sp³-hybridized carbons (Fsp3) is 0.500. The van der Waals surface area contributed by atoms with Crippen molar-refractivity contribution in [1.29, 1.82) is 0 Å². The fourth-order valence-corrected chi connectivity index (χ4v) is 1.98. The summed E-state index contributed by atoms with van der Waals surface area (Å²) in [6.07, 6.45) is -0.791. The molecule has 0 radical (unpaired) electrons. The first kappa shape index (κ1) is 18.6. The fourth-order valence-electron chi connectivity index (χ4n) is 1.98. The van der Waals surface area contributed by atoms with E-state index in [2.05, 4.69) is 5.32 Å². The standard InChI is InChI=1S/C16H23NO6/c1-16(2,3)23-15(20)17-11(14(18)19)9-10-12(21-4)7-6-8-13(10)22-5/h6-8,11H,9H2,1-5H3,(H,17,20)(H,18,19)/t11-/m0/s1. The lowest BCUT2D eigenvalue weighted by Crippen LogP contribution is -2.44. The molecule has 0 saturated carbocycles. The van der Waals surface area contributed by atoms with E-state index in [4.69, 9.17) is 14.2 Å². The largest absolute Gasteiger partial charge is 0.496 e. The van der Waals surface area contributed by atoms with Crippen molar-refractivity contribution in [2.75, 3.05) is 14.2 Å². The van der Waals surface area contributed by atoms with Gasteiger partial charge >= 0.3 is 12.1 Å². The Hall–Kier alpha value is -2.44. The molecule has 0 heterocycles. The summed E-state index contributed by atoms with van der Waals surface area (Å²) < 4.78 is 15.6. The van der Waals surface area contributed by atoms with Crippen LogP contribution in [0.15, 0.2) is 18.2 Å². The number of alkyl carbamates (subject to hydrolysis) is 1. The van der Waals surface area contributed by atoms with Crippen LogP contribution in [0.1, 0.15) is 26.3 Å². The van der Waals surface area contributed by atoms with Crippen LogP contribution in [0.25, 0.3) is 0 Å². The first-order valence-electron chi connectivity index (χ1n) is 7.10. The van der Waals surface area contributed by atoms with Crippen molar-refractivity contribution in [1.82, 2.24) is 5.32 Å². The minimum absolute atomic E-state index is 0.00175. The third-order valence-corrected chi connectivity index (χ3v) is 2.93. The van der Waals surface area contributed by atoms with Gasteiger partial charge in [0.15, 0.2) is 0 Å². The van der Waals surface area contributed by atoms with Crippen LogP contribution in [0.5, 0.6) is 11.5 Å². The second-order valence-electron chi connectivity index (χ2n) is 5.88. The van der Waals surface area contributed by atoms with Crippen molar-refractivity contribution in [3.05, 3.63) is 23.8 Å². The van der Waals surface area contributed by atoms with Gasteiger partial charge in [0.2, 0.25) is 0 Å². The second-order valence-corrected chi connectivity index (χ2v) is 5.88. The lowest BCUT2D eigenvalue weighted by atomic mass is 10.0. The van der Waals surface area contributed by atoms with Crippen molar-refractivity contribution >= 4 is 12.1 Å². The van der Waals surface area contributed by atoms with Crippen molar-refractivity contribution < 1.29 is 28.9 Å². The number of carbonyl (C=O) groups is 2. The smallest absolute Gasteiger partial charge is 0.408 e. The second kappa shape index (κ2) is 7.71. The third kappa shape index (κ3) is 5.69. The highest BCUT2D eigenvalue weighted by Gasteiger charge is 2.26. The molecule has 1 atom stereocenters. The summed E-state index contributed by atoms with van der Waals surface area (Å²) in [7, 11) is 2.96. The zero-order chi connectivity index (χ0) is 17.6. The van der Waals surface area contributed by atoms with E-state index in [9.17, 15) is 14.7 Å². The van der Waals surface area contributed by atoms with E-state index in [1.807, 2.05) is 0 Å². The van der Waals surface area contributed by atoms with Gasteiger partial charge in [-0.25, -0.2) is 9.59 Å². The minimum Gasteiger partial charge on any atom is -0.496 e. The molecule has 23 heavy (non-hydrogen) atoms. The topological polar surface area (TPSA) is 94.1 Å². The highest BCUT2D eigenvalue weighted by molar-refractivity contribution is 5.80. The van der Waals surface area contributed by atoms with E-state index in [0.29, 0.717) is 17.1 Å². The lowest BCUT2D eigenvalue weighted by molar-refractivity contribution is -0.139. The predicted molar refractivity (Wildman–Crippen MR) is 84.0 cm³/mol. The Morgan fingerprint density at radius 2 is 1.70 bits per heavy atom. The number of aliphatic carboxylic acids is 1. The van der Waals surface area contributed by atoms with Gasteiger partial charge in [0.25, 0.3) is 0 Å². The van der Waals surface area contributed by atoms with Crippen molar-refractivity contribution in [3.63, 3.8) is 0 Å². The number of hydrogen-bond acceptors (Lipinski definition) is 5. The number of carboxylic acid groups (broad SMARTS) is 1. The molecule has 2 N–H and O–H groups in total. The van der Waals surface area contributed by atoms with Crippen LogP contribution >= 0.6 is 0 Å². The van der Waals surface area contributed by atoms with Crippen LogP contribution in [0.3, 0.4) is 0 Å². The van der Waals surface area contributed by atoms with Gasteiger partial charge in [-0.15, -0.1) is 0 Å². The molecule has 0 aliphatic heterocycles. The molecule has 1 amide bonds. The molecule has 0 aliphatic rings. The zero-order valence-electron chi connectivity index (χ0n) is 14.0. The van der Waals surface area contributed by atoms with E-state index in [1.54, 1.807) is 39.0 Å². The van der Waals surface area contributed by atoms with Crippen LogP contribution in [0.2, 0.25) is 0 Å². The summed E-state index contributed by atoms with van der Waals surface area (Å²) in [6.45, 7) is 5.10. The van der Waals surface area contributed by atoms with Crippen LogP contribution in [0.4, 0.5) is 4.79 Å². The summed E-state index contributed by atoms with van der Waals surface area (Å²) in [5.41, 5.74) is -0.157. The SMILES string of the molecule is COc1cccc(OC)c1C[C@H](NC(=O)OC(C)(C)C)C(=O)O. The van der Waals surface area contributed by atoms with Crippen molar-refractivity contribution in [2.24, 2.45) is 0 Å².